The number of hydrogen-bond acceptors (Lipinski definition) is 5. The van der Waals surface area contributed by atoms with Crippen LogP contribution in [-0.4, -0.2) is 41.6 Å². The van der Waals surface area contributed by atoms with Crippen molar-refractivity contribution >= 4 is 17.8 Å². The molecule has 24 heavy (non-hydrogen) atoms. The Labute approximate surface area is 140 Å². The smallest absolute Gasteiger partial charge is 0.320 e. The van der Waals surface area contributed by atoms with Crippen LogP contribution in [0, 0.1) is 5.41 Å². The van der Waals surface area contributed by atoms with E-state index in [2.05, 4.69) is 5.32 Å². The molecule has 0 saturated heterocycles. The number of guanidine groups is 1. The number of hydrogen-bond donors (Lipinski definition) is 7. The van der Waals surface area contributed by atoms with Crippen LogP contribution in [0.5, 0.6) is 0 Å². The van der Waals surface area contributed by atoms with E-state index in [0.717, 1.165) is 5.56 Å². The predicted octanol–water partition coefficient (Wildman–Crippen LogP) is -1.30. The lowest BCUT2D eigenvalue weighted by Crippen LogP contribution is -2.38. The van der Waals surface area contributed by atoms with Crippen LogP contribution >= 0.6 is 0 Å². The highest BCUT2D eigenvalue weighted by Crippen LogP contribution is 2.00. The number of benzene rings is 1. The van der Waals surface area contributed by atoms with Gasteiger partial charge in [-0.1, -0.05) is 30.3 Å². The van der Waals surface area contributed by atoms with Crippen LogP contribution in [0.15, 0.2) is 30.3 Å². The molecule has 2 atom stereocenters. The van der Waals surface area contributed by atoms with Gasteiger partial charge in [0.1, 0.15) is 6.04 Å². The third-order valence-corrected chi connectivity index (χ3v) is 2.99. The zero-order chi connectivity index (χ0) is 18.5. The van der Waals surface area contributed by atoms with E-state index in [0.29, 0.717) is 25.8 Å². The first-order valence-corrected chi connectivity index (χ1v) is 7.39. The minimum Gasteiger partial charge on any atom is -0.480 e. The van der Waals surface area contributed by atoms with Gasteiger partial charge in [0.2, 0.25) is 5.91 Å². The zero-order valence-electron chi connectivity index (χ0n) is 13.4. The van der Waals surface area contributed by atoms with E-state index in [1.165, 1.54) is 0 Å². The molecule has 0 aliphatic rings. The fraction of sp³-hybridized carbons (Fsp3) is 0.400. The third kappa shape index (κ3) is 11.0. The SMILES string of the molecule is N=C(N)NCCC[C@H](N)C(=O)O.NC(=O)[C@@H](N)Cc1ccccc1. The fourth-order valence-corrected chi connectivity index (χ4v) is 1.64. The van der Waals surface area contributed by atoms with Gasteiger partial charge in [0.05, 0.1) is 6.04 Å². The molecular formula is C15H26N6O3. The van der Waals surface area contributed by atoms with Crippen LogP contribution < -0.4 is 28.3 Å². The van der Waals surface area contributed by atoms with Crippen molar-refractivity contribution in [3.05, 3.63) is 35.9 Å². The topological polar surface area (TPSA) is 194 Å². The van der Waals surface area contributed by atoms with Crippen LogP contribution in [0.25, 0.3) is 0 Å². The Bertz CT molecular complexity index is 523. The molecule has 11 N–H and O–H groups in total. The van der Waals surface area contributed by atoms with Gasteiger partial charge in [-0.3, -0.25) is 15.0 Å². The van der Waals surface area contributed by atoms with E-state index >= 15 is 0 Å². The summed E-state index contributed by atoms with van der Waals surface area (Å²) in [7, 11) is 0. The fourth-order valence-electron chi connectivity index (χ4n) is 1.64. The second kappa shape index (κ2) is 11.9. The first-order valence-electron chi connectivity index (χ1n) is 7.39. The van der Waals surface area contributed by atoms with E-state index in [1.807, 2.05) is 30.3 Å². The third-order valence-electron chi connectivity index (χ3n) is 2.99. The van der Waals surface area contributed by atoms with Crippen molar-refractivity contribution in [2.24, 2.45) is 22.9 Å². The molecule has 0 heterocycles. The van der Waals surface area contributed by atoms with Crippen molar-refractivity contribution in [3.63, 3.8) is 0 Å². The van der Waals surface area contributed by atoms with Crippen LogP contribution in [0.2, 0.25) is 0 Å². The van der Waals surface area contributed by atoms with Crippen LogP contribution in [-0.2, 0) is 16.0 Å². The first kappa shape index (κ1) is 21.4. The summed E-state index contributed by atoms with van der Waals surface area (Å²) in [6, 6.07) is 8.17. The highest BCUT2D eigenvalue weighted by Gasteiger charge is 2.10. The van der Waals surface area contributed by atoms with Gasteiger partial charge >= 0.3 is 5.97 Å². The number of nitrogens with two attached hydrogens (primary N) is 4. The highest BCUT2D eigenvalue weighted by molar-refractivity contribution is 5.79. The lowest BCUT2D eigenvalue weighted by molar-refractivity contribution is -0.138. The summed E-state index contributed by atoms with van der Waals surface area (Å²) in [4.78, 5) is 20.8. The van der Waals surface area contributed by atoms with E-state index in [1.54, 1.807) is 0 Å². The number of carbonyl (C=O) groups excluding carboxylic acids is 1. The Morgan fingerprint density at radius 2 is 1.71 bits per heavy atom. The predicted molar refractivity (Wildman–Crippen MR) is 92.1 cm³/mol. The summed E-state index contributed by atoms with van der Waals surface area (Å²) in [5, 5.41) is 17.7. The molecule has 9 heteroatoms. The van der Waals surface area contributed by atoms with Gasteiger partial charge in [0, 0.05) is 6.54 Å². The van der Waals surface area contributed by atoms with E-state index in [4.69, 9.17) is 33.5 Å². The minimum atomic E-state index is -1.00. The Kier molecular flexibility index (Phi) is 10.5. The number of primary amides is 1. The van der Waals surface area contributed by atoms with Crippen LogP contribution in [0.4, 0.5) is 0 Å². The number of nitrogens with one attached hydrogen (secondary N) is 2. The monoisotopic (exact) mass is 338 g/mol. The van der Waals surface area contributed by atoms with Gasteiger partial charge in [-0.05, 0) is 24.8 Å². The molecule has 0 radical (unpaired) electrons. The summed E-state index contributed by atoms with van der Waals surface area (Å²) >= 11 is 0. The van der Waals surface area contributed by atoms with E-state index in [9.17, 15) is 9.59 Å². The molecule has 0 spiro atoms. The van der Waals surface area contributed by atoms with Crippen molar-refractivity contribution in [2.45, 2.75) is 31.3 Å². The van der Waals surface area contributed by atoms with Crippen molar-refractivity contribution in [3.8, 4) is 0 Å². The average molecular weight is 338 g/mol. The van der Waals surface area contributed by atoms with Gasteiger partial charge in [0.15, 0.2) is 5.96 Å². The Hall–Kier alpha value is -2.65. The summed E-state index contributed by atoms with van der Waals surface area (Å²) < 4.78 is 0. The molecule has 0 aliphatic carbocycles. The quantitative estimate of drug-likeness (QED) is 0.174. The first-order chi connectivity index (χ1) is 11.2. The maximum Gasteiger partial charge on any atom is 0.320 e. The molecule has 0 bridgehead atoms. The molecular weight excluding hydrogens is 312 g/mol. The minimum absolute atomic E-state index is 0.112. The molecule has 0 saturated carbocycles. The van der Waals surface area contributed by atoms with Crippen LogP contribution in [0.1, 0.15) is 18.4 Å². The van der Waals surface area contributed by atoms with Gasteiger partial charge in [-0.2, -0.15) is 0 Å². The normalized spacial score (nSPS) is 12.2. The molecule has 1 aromatic rings. The number of carbonyl (C=O) groups is 2. The maximum absolute atomic E-state index is 10.6. The summed E-state index contributed by atoms with van der Waals surface area (Å²) in [6.07, 6.45) is 1.48. The standard InChI is InChI=1S/C9H12N2O.C6H14N4O2/c10-8(9(11)12)6-7-4-2-1-3-5-7;7-4(5(11)12)2-1-3-10-6(8)9/h1-5,8H,6,10H2,(H2,11,12);4H,1-3,7H2,(H,11,12)(H4,8,9,10)/t8-;4-/m00/s1. The summed E-state index contributed by atoms with van der Waals surface area (Å²) in [6.45, 7) is 0.482. The van der Waals surface area contributed by atoms with Crippen molar-refractivity contribution in [2.75, 3.05) is 6.54 Å². The Morgan fingerprint density at radius 3 is 2.17 bits per heavy atom. The lowest BCUT2D eigenvalue weighted by atomic mass is 10.1. The average Bonchev–Trinajstić information content (AvgIpc) is 2.52. The second-order valence-corrected chi connectivity index (χ2v) is 5.13. The van der Waals surface area contributed by atoms with Crippen LogP contribution in [0.3, 0.4) is 0 Å². The molecule has 0 fully saturated rings. The molecule has 134 valence electrons. The highest BCUT2D eigenvalue weighted by atomic mass is 16.4. The number of amides is 1. The molecule has 1 rings (SSSR count). The van der Waals surface area contributed by atoms with Gasteiger partial charge in [-0.15, -0.1) is 0 Å². The molecule has 9 nitrogen and oxygen atoms in total. The molecule has 0 aliphatic heterocycles. The van der Waals surface area contributed by atoms with E-state index in [-0.39, 0.29) is 5.96 Å². The summed E-state index contributed by atoms with van der Waals surface area (Å²) in [5.41, 5.74) is 21.7. The lowest BCUT2D eigenvalue weighted by Gasteiger charge is -2.06. The zero-order valence-corrected chi connectivity index (χ0v) is 13.4. The second-order valence-electron chi connectivity index (χ2n) is 5.13. The number of rotatable bonds is 8. The van der Waals surface area contributed by atoms with E-state index < -0.39 is 24.0 Å². The molecule has 1 aromatic carbocycles. The van der Waals surface area contributed by atoms with Crippen molar-refractivity contribution in [1.82, 2.24) is 5.32 Å². The largest absolute Gasteiger partial charge is 0.480 e. The van der Waals surface area contributed by atoms with Gasteiger partial charge in [-0.25, -0.2) is 0 Å². The Morgan fingerprint density at radius 1 is 1.12 bits per heavy atom. The molecule has 1 amide bonds. The maximum atomic E-state index is 10.6. The Balaban J connectivity index is 0.000000441. The van der Waals surface area contributed by atoms with Gasteiger partial charge in [0.25, 0.3) is 0 Å². The number of carboxylic acids is 1. The number of aliphatic carboxylic acids is 1. The van der Waals surface area contributed by atoms with Crippen molar-refractivity contribution in [1.29, 1.82) is 5.41 Å². The molecule has 0 aromatic heterocycles. The van der Waals surface area contributed by atoms with Crippen molar-refractivity contribution < 1.29 is 14.7 Å². The van der Waals surface area contributed by atoms with Gasteiger partial charge < -0.3 is 33.4 Å². The molecule has 0 unspecified atom stereocenters. The summed E-state index contributed by atoms with van der Waals surface area (Å²) in [5.74, 6) is -1.57. The number of carboxylic acid groups (broad SMARTS) is 1.